The largest absolute Gasteiger partial charge is 0.294 e. The van der Waals surface area contributed by atoms with Crippen LogP contribution in [-0.4, -0.2) is 13.0 Å². The maximum atomic E-state index is 10.7. The van der Waals surface area contributed by atoms with Gasteiger partial charge in [-0.15, -0.1) is 0 Å². The molecule has 0 unspecified atom stereocenters. The van der Waals surface area contributed by atoms with Crippen molar-refractivity contribution >= 4 is 10.1 Å². The molecule has 0 fully saturated rings. The molecule has 4 heteroatoms. The van der Waals surface area contributed by atoms with Crippen LogP contribution in [0.2, 0.25) is 0 Å². The normalized spacial score (nSPS) is 11.6. The molecule has 1 radical (unpaired) electrons. The minimum absolute atomic E-state index is 0.0671. The van der Waals surface area contributed by atoms with E-state index in [1.807, 2.05) is 0 Å². The molecule has 1 rings (SSSR count). The molecule has 0 amide bonds. The molecule has 0 heterocycles. The fourth-order valence-electron chi connectivity index (χ4n) is 0.921. The van der Waals surface area contributed by atoms with Crippen molar-refractivity contribution in [2.75, 3.05) is 0 Å². The average Bonchev–Trinajstić information content (AvgIpc) is 1.92. The zero-order valence-corrected chi connectivity index (χ0v) is 7.64. The summed E-state index contributed by atoms with van der Waals surface area (Å²) in [5.74, 6) is 0. The van der Waals surface area contributed by atoms with Crippen molar-refractivity contribution in [1.29, 1.82) is 0 Å². The molecule has 65 valence electrons. The Bertz CT molecular complexity index is 393. The van der Waals surface area contributed by atoms with E-state index < -0.39 is 10.1 Å². The second-order valence-corrected chi connectivity index (χ2v) is 3.99. The van der Waals surface area contributed by atoms with E-state index in [0.29, 0.717) is 5.56 Å². The van der Waals surface area contributed by atoms with Gasteiger partial charge < -0.3 is 0 Å². The summed E-state index contributed by atoms with van der Waals surface area (Å²) >= 11 is 0. The molecule has 0 aromatic heterocycles. The molecular weight excluding hydrogens is 176 g/mol. The number of hydrogen-bond donors (Lipinski definition) is 1. The summed E-state index contributed by atoms with van der Waals surface area (Å²) in [5.41, 5.74) is 1.36. The lowest BCUT2D eigenvalue weighted by molar-refractivity contribution is 0.482. The highest BCUT2D eigenvalue weighted by molar-refractivity contribution is 7.85. The first-order valence-corrected chi connectivity index (χ1v) is 4.81. The Morgan fingerprint density at radius 1 is 1.33 bits per heavy atom. The van der Waals surface area contributed by atoms with Crippen molar-refractivity contribution in [3.8, 4) is 0 Å². The molecule has 0 aliphatic rings. The lowest BCUT2D eigenvalue weighted by Crippen LogP contribution is -2.01. The Labute approximate surface area is 71.8 Å². The molecule has 0 bridgehead atoms. The third kappa shape index (κ3) is 1.65. The van der Waals surface area contributed by atoms with Gasteiger partial charge in [-0.2, -0.15) is 8.42 Å². The summed E-state index contributed by atoms with van der Waals surface area (Å²) in [7, 11) is -4.09. The second kappa shape index (κ2) is 2.88. The Hall–Kier alpha value is -0.870. The van der Waals surface area contributed by atoms with Gasteiger partial charge in [0.15, 0.2) is 0 Å². The zero-order valence-electron chi connectivity index (χ0n) is 6.83. The van der Waals surface area contributed by atoms with Crippen LogP contribution in [0.15, 0.2) is 17.0 Å². The zero-order chi connectivity index (χ0) is 9.35. The van der Waals surface area contributed by atoms with Crippen LogP contribution in [0.5, 0.6) is 0 Å². The number of hydrogen-bond acceptors (Lipinski definition) is 2. The van der Waals surface area contributed by atoms with Gasteiger partial charge in [-0.1, -0.05) is 6.07 Å². The highest BCUT2D eigenvalue weighted by atomic mass is 32.2. The monoisotopic (exact) mass is 185 g/mol. The third-order valence-electron chi connectivity index (χ3n) is 1.75. The molecule has 0 saturated carbocycles. The van der Waals surface area contributed by atoms with Crippen LogP contribution in [0.1, 0.15) is 11.1 Å². The highest BCUT2D eigenvalue weighted by Crippen LogP contribution is 2.16. The maximum absolute atomic E-state index is 10.7. The summed E-state index contributed by atoms with van der Waals surface area (Å²) in [6.45, 7) is 3.41. The van der Waals surface area contributed by atoms with Gasteiger partial charge >= 0.3 is 0 Å². The molecule has 0 saturated heterocycles. The molecular formula is C8H9O3S. The van der Waals surface area contributed by atoms with E-state index in [1.54, 1.807) is 19.9 Å². The molecule has 1 aromatic carbocycles. The Kier molecular flexibility index (Phi) is 2.21. The van der Waals surface area contributed by atoms with Gasteiger partial charge in [-0.25, -0.2) is 0 Å². The van der Waals surface area contributed by atoms with Gasteiger partial charge in [0.05, 0.1) is 4.90 Å². The van der Waals surface area contributed by atoms with Crippen LogP contribution in [0.25, 0.3) is 0 Å². The summed E-state index contributed by atoms with van der Waals surface area (Å²) in [4.78, 5) is -0.0671. The predicted octanol–water partition coefficient (Wildman–Crippen LogP) is 1.35. The minimum Gasteiger partial charge on any atom is -0.282 e. The van der Waals surface area contributed by atoms with Gasteiger partial charge in [0, 0.05) is 0 Å². The standard InChI is InChI=1S/C8H9O3S/c1-6-4-3-5-8(7(6)2)12(9,10)11/h4-5H,1-2H3,(H,9,10,11). The van der Waals surface area contributed by atoms with Crippen LogP contribution in [0, 0.1) is 19.9 Å². The number of rotatable bonds is 1. The highest BCUT2D eigenvalue weighted by Gasteiger charge is 2.12. The fraction of sp³-hybridized carbons (Fsp3) is 0.250. The quantitative estimate of drug-likeness (QED) is 0.672. The first-order valence-electron chi connectivity index (χ1n) is 3.37. The lowest BCUT2D eigenvalue weighted by atomic mass is 10.1. The van der Waals surface area contributed by atoms with Crippen LogP contribution in [0.3, 0.4) is 0 Å². The third-order valence-corrected chi connectivity index (χ3v) is 2.73. The minimum atomic E-state index is -4.09. The lowest BCUT2D eigenvalue weighted by Gasteiger charge is -2.03. The van der Waals surface area contributed by atoms with Crippen molar-refractivity contribution in [2.45, 2.75) is 18.7 Å². The molecule has 1 aromatic rings. The Balaban J connectivity index is 3.47. The molecule has 3 nitrogen and oxygen atoms in total. The summed E-state index contributed by atoms with van der Waals surface area (Å²) in [5, 5.41) is 0. The van der Waals surface area contributed by atoms with E-state index in [9.17, 15) is 8.42 Å². The SMILES string of the molecule is Cc1c[c]cc(S(=O)(=O)O)c1C. The molecule has 0 aliphatic heterocycles. The molecule has 0 spiro atoms. The number of benzene rings is 1. The van der Waals surface area contributed by atoms with Crippen molar-refractivity contribution in [3.05, 3.63) is 29.3 Å². The van der Waals surface area contributed by atoms with E-state index in [0.717, 1.165) is 5.56 Å². The first kappa shape index (κ1) is 9.22. The molecule has 1 N–H and O–H groups in total. The van der Waals surface area contributed by atoms with Gasteiger partial charge in [0.1, 0.15) is 0 Å². The van der Waals surface area contributed by atoms with E-state index in [-0.39, 0.29) is 4.90 Å². The smallest absolute Gasteiger partial charge is 0.282 e. The number of aryl methyl sites for hydroxylation is 1. The van der Waals surface area contributed by atoms with Gasteiger partial charge in [-0.05, 0) is 37.1 Å². The molecule has 0 atom stereocenters. The van der Waals surface area contributed by atoms with Gasteiger partial charge in [0.2, 0.25) is 0 Å². The van der Waals surface area contributed by atoms with Crippen LogP contribution in [0.4, 0.5) is 0 Å². The van der Waals surface area contributed by atoms with Crippen molar-refractivity contribution in [2.24, 2.45) is 0 Å². The predicted molar refractivity (Wildman–Crippen MR) is 44.6 cm³/mol. The van der Waals surface area contributed by atoms with E-state index in [1.165, 1.54) is 6.07 Å². The Morgan fingerprint density at radius 2 is 1.92 bits per heavy atom. The van der Waals surface area contributed by atoms with E-state index >= 15 is 0 Å². The van der Waals surface area contributed by atoms with Crippen molar-refractivity contribution < 1.29 is 13.0 Å². The van der Waals surface area contributed by atoms with E-state index in [2.05, 4.69) is 6.07 Å². The first-order chi connectivity index (χ1) is 5.43. The topological polar surface area (TPSA) is 54.4 Å². The molecule has 12 heavy (non-hydrogen) atoms. The molecule has 0 aliphatic carbocycles. The van der Waals surface area contributed by atoms with Crippen LogP contribution in [-0.2, 0) is 10.1 Å². The van der Waals surface area contributed by atoms with Gasteiger partial charge in [-0.3, -0.25) is 4.55 Å². The average molecular weight is 185 g/mol. The van der Waals surface area contributed by atoms with Crippen molar-refractivity contribution in [1.82, 2.24) is 0 Å². The van der Waals surface area contributed by atoms with E-state index in [4.69, 9.17) is 4.55 Å². The van der Waals surface area contributed by atoms with Gasteiger partial charge in [0.25, 0.3) is 10.1 Å². The fourth-order valence-corrected chi connectivity index (χ4v) is 1.69. The van der Waals surface area contributed by atoms with Crippen molar-refractivity contribution in [3.63, 3.8) is 0 Å². The summed E-state index contributed by atoms with van der Waals surface area (Å²) in [6.07, 6.45) is 0. The Morgan fingerprint density at radius 3 is 2.33 bits per heavy atom. The maximum Gasteiger partial charge on any atom is 0.294 e. The second-order valence-electron chi connectivity index (χ2n) is 2.60. The summed E-state index contributed by atoms with van der Waals surface area (Å²) in [6, 6.07) is 5.57. The van der Waals surface area contributed by atoms with Crippen LogP contribution >= 0.6 is 0 Å². The summed E-state index contributed by atoms with van der Waals surface area (Å²) < 4.78 is 30.2. The van der Waals surface area contributed by atoms with Crippen LogP contribution < -0.4 is 0 Å².